The summed E-state index contributed by atoms with van der Waals surface area (Å²) < 4.78 is 5.18. The molecule has 4 rings (SSSR count). The molecule has 2 heterocycles. The molecule has 0 aromatic heterocycles. The predicted molar refractivity (Wildman–Crippen MR) is 128 cm³/mol. The molecule has 0 spiro atoms. The molecule has 2 aliphatic rings. The zero-order valence-electron chi connectivity index (χ0n) is 19.6. The van der Waals surface area contributed by atoms with Crippen LogP contribution < -0.4 is 10.1 Å². The van der Waals surface area contributed by atoms with Gasteiger partial charge in [0.05, 0.1) is 7.11 Å². The van der Waals surface area contributed by atoms with Crippen molar-refractivity contribution in [2.45, 2.75) is 24.9 Å². The molecule has 1 N–H and O–H groups in total. The highest BCUT2D eigenvalue weighted by Gasteiger charge is 2.32. The van der Waals surface area contributed by atoms with Gasteiger partial charge in [-0.3, -0.25) is 14.5 Å². The first-order chi connectivity index (χ1) is 16.0. The number of nitrogens with zero attached hydrogens (tertiary/aromatic N) is 3. The third kappa shape index (κ3) is 5.72. The molecule has 0 aliphatic carbocycles. The minimum Gasteiger partial charge on any atom is -0.497 e. The minimum atomic E-state index is -0.712. The van der Waals surface area contributed by atoms with Crippen LogP contribution in [0, 0.1) is 0 Å². The molecule has 176 valence electrons. The summed E-state index contributed by atoms with van der Waals surface area (Å²) in [5.74, 6) is 0.362. The van der Waals surface area contributed by atoms with Crippen molar-refractivity contribution in [3.63, 3.8) is 0 Å². The first-order valence-electron chi connectivity index (χ1n) is 11.8. The average molecular weight is 451 g/mol. The molecule has 0 bridgehead atoms. The van der Waals surface area contributed by atoms with E-state index in [1.165, 1.54) is 12.8 Å². The topological polar surface area (TPSA) is 65.1 Å². The van der Waals surface area contributed by atoms with E-state index in [0.29, 0.717) is 30.4 Å². The number of likely N-dealkylation sites (tertiary alicyclic amines) is 1. The fraction of sp³-hybridized carbons (Fsp3) is 0.462. The highest BCUT2D eigenvalue weighted by Crippen LogP contribution is 2.21. The van der Waals surface area contributed by atoms with Crippen LogP contribution in [0.2, 0.25) is 0 Å². The summed E-state index contributed by atoms with van der Waals surface area (Å²) in [6.07, 6.45) is 2.38. The first kappa shape index (κ1) is 23.3. The number of methoxy groups -OCH3 is 1. The molecule has 0 saturated carbocycles. The van der Waals surface area contributed by atoms with Crippen LogP contribution in [0.3, 0.4) is 0 Å². The summed E-state index contributed by atoms with van der Waals surface area (Å²) in [5, 5.41) is 2.97. The van der Waals surface area contributed by atoms with Crippen molar-refractivity contribution >= 4 is 11.8 Å². The van der Waals surface area contributed by atoms with Crippen LogP contribution in [-0.2, 0) is 4.79 Å². The molecule has 2 amide bonds. The maximum Gasteiger partial charge on any atom is 0.252 e. The molecule has 1 atom stereocenters. The Morgan fingerprint density at radius 3 is 2.15 bits per heavy atom. The SMILES string of the molecule is COc1ccc(C(=O)N[C@@H](C(=O)N2CCN(C3CCN(C)CC3)CC2)c2ccccc2)cc1. The normalized spacial score (nSPS) is 19.2. The van der Waals surface area contributed by atoms with E-state index < -0.39 is 6.04 Å². The maximum absolute atomic E-state index is 13.6. The van der Waals surface area contributed by atoms with Crippen LogP contribution in [0.1, 0.15) is 34.8 Å². The molecular formula is C26H34N4O3. The Bertz CT molecular complexity index is 918. The Balaban J connectivity index is 1.42. The number of piperazine rings is 1. The van der Waals surface area contributed by atoms with Crippen molar-refractivity contribution in [3.05, 3.63) is 65.7 Å². The van der Waals surface area contributed by atoms with Crippen molar-refractivity contribution < 1.29 is 14.3 Å². The molecule has 0 radical (unpaired) electrons. The Labute approximate surface area is 196 Å². The van der Waals surface area contributed by atoms with Gasteiger partial charge in [-0.05, 0) is 62.8 Å². The monoisotopic (exact) mass is 450 g/mol. The Hall–Kier alpha value is -2.90. The van der Waals surface area contributed by atoms with Gasteiger partial charge >= 0.3 is 0 Å². The number of nitrogens with one attached hydrogen (secondary N) is 1. The molecular weight excluding hydrogens is 416 g/mol. The molecule has 7 nitrogen and oxygen atoms in total. The van der Waals surface area contributed by atoms with E-state index in [2.05, 4.69) is 22.2 Å². The van der Waals surface area contributed by atoms with Gasteiger partial charge < -0.3 is 19.9 Å². The second-order valence-corrected chi connectivity index (χ2v) is 8.94. The van der Waals surface area contributed by atoms with Gasteiger partial charge in [-0.1, -0.05) is 30.3 Å². The van der Waals surface area contributed by atoms with Gasteiger partial charge in [-0.15, -0.1) is 0 Å². The van der Waals surface area contributed by atoms with E-state index >= 15 is 0 Å². The quantitative estimate of drug-likeness (QED) is 0.732. The lowest BCUT2D eigenvalue weighted by molar-refractivity contribution is -0.135. The van der Waals surface area contributed by atoms with E-state index in [-0.39, 0.29) is 11.8 Å². The molecule has 2 aliphatic heterocycles. The van der Waals surface area contributed by atoms with Crippen molar-refractivity contribution in [2.75, 3.05) is 53.4 Å². The Morgan fingerprint density at radius 2 is 1.55 bits per heavy atom. The highest BCUT2D eigenvalue weighted by molar-refractivity contribution is 5.98. The summed E-state index contributed by atoms with van der Waals surface area (Å²) >= 11 is 0. The van der Waals surface area contributed by atoms with Gasteiger partial charge in [0, 0.05) is 37.8 Å². The van der Waals surface area contributed by atoms with Gasteiger partial charge in [-0.25, -0.2) is 0 Å². The van der Waals surface area contributed by atoms with Crippen molar-refractivity contribution in [1.82, 2.24) is 20.0 Å². The molecule has 2 aromatic carbocycles. The summed E-state index contributed by atoms with van der Waals surface area (Å²) in [6, 6.07) is 16.3. The molecule has 7 heteroatoms. The van der Waals surface area contributed by atoms with Gasteiger partial charge in [0.25, 0.3) is 5.91 Å². The lowest BCUT2D eigenvalue weighted by atomic mass is 10.0. The van der Waals surface area contributed by atoms with Gasteiger partial charge in [0.2, 0.25) is 5.91 Å². The fourth-order valence-electron chi connectivity index (χ4n) is 4.74. The van der Waals surface area contributed by atoms with Crippen LogP contribution in [0.25, 0.3) is 0 Å². The third-order valence-corrected chi connectivity index (χ3v) is 6.84. The van der Waals surface area contributed by atoms with Crippen LogP contribution in [-0.4, -0.2) is 86.0 Å². The number of benzene rings is 2. The van der Waals surface area contributed by atoms with E-state index in [4.69, 9.17) is 4.74 Å². The minimum absolute atomic E-state index is 0.0499. The number of piperidine rings is 1. The second-order valence-electron chi connectivity index (χ2n) is 8.94. The van der Waals surface area contributed by atoms with Crippen molar-refractivity contribution in [2.24, 2.45) is 0 Å². The summed E-state index contributed by atoms with van der Waals surface area (Å²) in [4.78, 5) is 33.3. The number of rotatable bonds is 6. The zero-order chi connectivity index (χ0) is 23.2. The Morgan fingerprint density at radius 1 is 0.909 bits per heavy atom. The lowest BCUT2D eigenvalue weighted by Gasteiger charge is -2.42. The largest absolute Gasteiger partial charge is 0.497 e. The van der Waals surface area contributed by atoms with Crippen LogP contribution in [0.5, 0.6) is 5.75 Å². The fourth-order valence-corrected chi connectivity index (χ4v) is 4.74. The number of amides is 2. The van der Waals surface area contributed by atoms with Crippen LogP contribution in [0.15, 0.2) is 54.6 Å². The third-order valence-electron chi connectivity index (χ3n) is 6.84. The first-order valence-corrected chi connectivity index (χ1v) is 11.8. The Kier molecular flexibility index (Phi) is 7.62. The summed E-state index contributed by atoms with van der Waals surface area (Å²) in [5.41, 5.74) is 1.29. The van der Waals surface area contributed by atoms with Crippen molar-refractivity contribution in [3.8, 4) is 5.75 Å². The number of carbonyl (C=O) groups is 2. The molecule has 2 saturated heterocycles. The molecule has 2 fully saturated rings. The number of ether oxygens (including phenoxy) is 1. The maximum atomic E-state index is 13.6. The lowest BCUT2D eigenvalue weighted by Crippen LogP contribution is -2.55. The van der Waals surface area contributed by atoms with Crippen molar-refractivity contribution in [1.29, 1.82) is 0 Å². The molecule has 0 unspecified atom stereocenters. The van der Waals surface area contributed by atoms with Crippen LogP contribution in [0.4, 0.5) is 0 Å². The smallest absolute Gasteiger partial charge is 0.252 e. The molecule has 33 heavy (non-hydrogen) atoms. The van der Waals surface area contributed by atoms with Gasteiger partial charge in [0.15, 0.2) is 0 Å². The van der Waals surface area contributed by atoms with Crippen LogP contribution >= 0.6 is 0 Å². The second kappa shape index (κ2) is 10.8. The van der Waals surface area contributed by atoms with E-state index in [1.54, 1.807) is 31.4 Å². The number of hydrogen-bond acceptors (Lipinski definition) is 5. The average Bonchev–Trinajstić information content (AvgIpc) is 2.88. The summed E-state index contributed by atoms with van der Waals surface area (Å²) in [7, 11) is 3.77. The van der Waals surface area contributed by atoms with E-state index in [0.717, 1.165) is 31.7 Å². The predicted octanol–water partition coefficient (Wildman–Crippen LogP) is 2.40. The van der Waals surface area contributed by atoms with Gasteiger partial charge in [-0.2, -0.15) is 0 Å². The number of carbonyl (C=O) groups excluding carboxylic acids is 2. The zero-order valence-corrected chi connectivity index (χ0v) is 19.6. The van der Waals surface area contributed by atoms with Gasteiger partial charge in [0.1, 0.15) is 11.8 Å². The standard InChI is InChI=1S/C26H34N4O3/c1-28-14-12-22(13-15-28)29-16-18-30(19-17-29)26(32)24(20-6-4-3-5-7-20)27-25(31)21-8-10-23(33-2)11-9-21/h3-11,22,24H,12-19H2,1-2H3,(H,27,31)/t24-/m1/s1. The van der Waals surface area contributed by atoms with E-state index in [9.17, 15) is 9.59 Å². The molecule has 2 aromatic rings. The van der Waals surface area contributed by atoms with E-state index in [1.807, 2.05) is 35.2 Å². The number of hydrogen-bond donors (Lipinski definition) is 1. The highest BCUT2D eigenvalue weighted by atomic mass is 16.5. The summed E-state index contributed by atoms with van der Waals surface area (Å²) in [6.45, 7) is 5.41.